The second-order valence-corrected chi connectivity index (χ2v) is 14.5. The van der Waals surface area contributed by atoms with Gasteiger partial charge in [-0.05, 0) is 132 Å². The summed E-state index contributed by atoms with van der Waals surface area (Å²) in [6, 6.07) is 22.1. The van der Waals surface area contributed by atoms with E-state index in [4.69, 9.17) is 4.98 Å². The molecule has 3 heterocycles. The predicted molar refractivity (Wildman–Crippen MR) is 195 cm³/mol. The van der Waals surface area contributed by atoms with Crippen molar-refractivity contribution in [1.82, 2.24) is 29.6 Å². The highest BCUT2D eigenvalue weighted by Crippen LogP contribution is 2.29. The zero-order valence-electron chi connectivity index (χ0n) is 27.1. The van der Waals surface area contributed by atoms with Crippen LogP contribution in [0.2, 0.25) is 0 Å². The first-order chi connectivity index (χ1) is 22.8. The molecule has 3 aromatic carbocycles. The number of nitrogens with zero attached hydrogens (tertiary/aromatic N) is 5. The summed E-state index contributed by atoms with van der Waals surface area (Å²) in [6.07, 6.45) is 4.99. The average molecular weight is 766 g/mol. The number of imidazole rings is 1. The van der Waals surface area contributed by atoms with Crippen molar-refractivity contribution in [3.8, 4) is 0 Å². The summed E-state index contributed by atoms with van der Waals surface area (Å²) in [5, 5.41) is 6.49. The molecule has 0 saturated carbocycles. The number of halogens is 2. The number of fused-ring (bicyclic) bond motifs is 2. The number of benzene rings is 3. The quantitative estimate of drug-likeness (QED) is 0.165. The minimum absolute atomic E-state index is 0.0527. The van der Waals surface area contributed by atoms with Gasteiger partial charge in [0.1, 0.15) is 5.82 Å². The lowest BCUT2D eigenvalue weighted by atomic mass is 10.0. The van der Waals surface area contributed by atoms with Crippen LogP contribution in [0.4, 0.5) is 15.3 Å². The summed E-state index contributed by atoms with van der Waals surface area (Å²) in [4.78, 5) is 38.3. The smallest absolute Gasteiger partial charge is 0.322 e. The average Bonchev–Trinajstić information content (AvgIpc) is 3.34. The van der Waals surface area contributed by atoms with Gasteiger partial charge in [0.2, 0.25) is 0 Å². The Morgan fingerprint density at radius 3 is 2.55 bits per heavy atom. The summed E-state index contributed by atoms with van der Waals surface area (Å²) in [7, 11) is 4.20. The molecule has 9 nitrogen and oxygen atoms in total. The molecule has 1 fully saturated rings. The molecule has 0 radical (unpaired) electrons. The Hall–Kier alpha value is -3.41. The van der Waals surface area contributed by atoms with E-state index in [2.05, 4.69) is 96.4 Å². The number of para-hydroxylation sites is 3. The van der Waals surface area contributed by atoms with E-state index in [1.807, 2.05) is 46.2 Å². The highest BCUT2D eigenvalue weighted by atomic mass is 79.9. The number of carbonyl (C=O) groups excluding carboxylic acids is 2. The number of hydrogen-bond donors (Lipinski definition) is 2. The highest BCUT2D eigenvalue weighted by molar-refractivity contribution is 9.13. The molecule has 0 aliphatic carbocycles. The van der Waals surface area contributed by atoms with Crippen LogP contribution in [-0.2, 0) is 19.4 Å². The van der Waals surface area contributed by atoms with Crippen molar-refractivity contribution < 1.29 is 9.59 Å². The van der Waals surface area contributed by atoms with E-state index in [0.29, 0.717) is 26.1 Å². The van der Waals surface area contributed by atoms with E-state index < -0.39 is 0 Å². The summed E-state index contributed by atoms with van der Waals surface area (Å²) in [6.45, 7) is 3.70. The largest absolute Gasteiger partial charge is 0.328 e. The van der Waals surface area contributed by atoms with E-state index in [1.165, 1.54) is 0 Å². The minimum atomic E-state index is -0.329. The summed E-state index contributed by atoms with van der Waals surface area (Å²) in [5.41, 5.74) is 5.17. The molecule has 0 spiro atoms. The van der Waals surface area contributed by atoms with Gasteiger partial charge in [0.15, 0.2) is 0 Å². The molecule has 0 bridgehead atoms. The number of rotatable bonds is 10. The number of carbonyl (C=O) groups is 2. The molecule has 4 aromatic rings. The maximum Gasteiger partial charge on any atom is 0.322 e. The standard InChI is InChI=1S/C36H43Br2N7O2/c1-42(2)18-7-8-19-45-33-12-6-5-11-31(33)39-34(45)32(24-25-13-14-28(37)29(38)23-25)41-35(46)43-20-16-27(17-21-43)44-22-15-26-9-3-4-10-30(26)40-36(44)47/h3-6,9-14,23,27,32H,7-8,15-22,24H2,1-2H3,(H,40,47)(H,41,46)/t32-/m1/s1. The third kappa shape index (κ3) is 8.01. The van der Waals surface area contributed by atoms with Gasteiger partial charge in [-0.2, -0.15) is 0 Å². The maximum atomic E-state index is 14.0. The molecule has 1 saturated heterocycles. The molecule has 47 heavy (non-hydrogen) atoms. The van der Waals surface area contributed by atoms with Gasteiger partial charge in [-0.25, -0.2) is 14.6 Å². The van der Waals surface area contributed by atoms with Crippen LogP contribution in [0, 0.1) is 0 Å². The van der Waals surface area contributed by atoms with Gasteiger partial charge >= 0.3 is 12.1 Å². The minimum Gasteiger partial charge on any atom is -0.328 e. The van der Waals surface area contributed by atoms with E-state index in [0.717, 1.165) is 87.8 Å². The van der Waals surface area contributed by atoms with Gasteiger partial charge in [0, 0.05) is 46.9 Å². The summed E-state index contributed by atoms with van der Waals surface area (Å²) < 4.78 is 4.26. The topological polar surface area (TPSA) is 85.7 Å². The molecule has 2 N–H and O–H groups in total. The number of amides is 4. The van der Waals surface area contributed by atoms with E-state index in [9.17, 15) is 9.59 Å². The first-order valence-electron chi connectivity index (χ1n) is 16.5. The van der Waals surface area contributed by atoms with Gasteiger partial charge in [-0.3, -0.25) is 0 Å². The van der Waals surface area contributed by atoms with E-state index >= 15 is 0 Å². The Bertz CT molecular complexity index is 1720. The maximum absolute atomic E-state index is 14.0. The highest BCUT2D eigenvalue weighted by Gasteiger charge is 2.32. The fourth-order valence-corrected chi connectivity index (χ4v) is 7.43. The lowest BCUT2D eigenvalue weighted by Gasteiger charge is -2.38. The fourth-order valence-electron chi connectivity index (χ4n) is 6.76. The molecule has 0 unspecified atom stereocenters. The van der Waals surface area contributed by atoms with E-state index in [1.54, 1.807) is 0 Å². The number of nitrogens with one attached hydrogen (secondary N) is 2. The number of piperidine rings is 1. The SMILES string of the molecule is CN(C)CCCCn1c([C@@H](Cc2ccc(Br)c(Br)c2)NC(=O)N2CCC(N3CCc4ccccc4NC3=O)CC2)nc2ccccc21. The fraction of sp³-hybridized carbons (Fsp3) is 0.417. The van der Waals surface area contributed by atoms with Gasteiger partial charge in [-0.15, -0.1) is 0 Å². The Kier molecular flexibility index (Phi) is 10.8. The first-order valence-corrected chi connectivity index (χ1v) is 18.1. The van der Waals surface area contributed by atoms with Gasteiger partial charge in [0.25, 0.3) is 0 Å². The van der Waals surface area contributed by atoms with Crippen LogP contribution in [0.1, 0.15) is 48.7 Å². The number of aromatic nitrogens is 2. The Labute approximate surface area is 293 Å². The lowest BCUT2D eigenvalue weighted by molar-refractivity contribution is 0.133. The molecule has 248 valence electrons. The van der Waals surface area contributed by atoms with Crippen LogP contribution in [0.15, 0.2) is 75.7 Å². The third-order valence-corrected chi connectivity index (χ3v) is 11.2. The molecule has 11 heteroatoms. The van der Waals surface area contributed by atoms with Crippen molar-refractivity contribution in [3.05, 3.63) is 92.6 Å². The van der Waals surface area contributed by atoms with E-state index in [-0.39, 0.29) is 24.1 Å². The van der Waals surface area contributed by atoms with Crippen LogP contribution >= 0.6 is 31.9 Å². The van der Waals surface area contributed by atoms with Crippen molar-refractivity contribution in [1.29, 1.82) is 0 Å². The first kappa shape index (κ1) is 33.5. The van der Waals surface area contributed by atoms with Crippen LogP contribution in [0.3, 0.4) is 0 Å². The second-order valence-electron chi connectivity index (χ2n) is 12.8. The van der Waals surface area contributed by atoms with Crippen molar-refractivity contribution in [3.63, 3.8) is 0 Å². The van der Waals surface area contributed by atoms with Crippen LogP contribution < -0.4 is 10.6 Å². The number of hydrogen-bond acceptors (Lipinski definition) is 4. The van der Waals surface area contributed by atoms with Crippen molar-refractivity contribution in [2.45, 2.75) is 57.2 Å². The third-order valence-electron chi connectivity index (χ3n) is 9.29. The van der Waals surface area contributed by atoms with Crippen molar-refractivity contribution >= 4 is 60.6 Å². The Morgan fingerprint density at radius 2 is 1.77 bits per heavy atom. The zero-order chi connectivity index (χ0) is 32.9. The molecule has 1 atom stereocenters. The molecular weight excluding hydrogens is 722 g/mol. The van der Waals surface area contributed by atoms with Crippen molar-refractivity contribution in [2.24, 2.45) is 0 Å². The van der Waals surface area contributed by atoms with Gasteiger partial charge in [0.05, 0.1) is 17.1 Å². The molecule has 1 aromatic heterocycles. The molecule has 2 aliphatic heterocycles. The number of urea groups is 2. The van der Waals surface area contributed by atoms with Crippen molar-refractivity contribution in [2.75, 3.05) is 45.6 Å². The number of aryl methyl sites for hydroxylation is 1. The molecule has 4 amide bonds. The van der Waals surface area contributed by atoms with Crippen LogP contribution in [-0.4, -0.2) is 82.6 Å². The molecule has 2 aliphatic rings. The van der Waals surface area contributed by atoms with Gasteiger partial charge < -0.3 is 29.9 Å². The predicted octanol–water partition coefficient (Wildman–Crippen LogP) is 7.45. The molecule has 6 rings (SSSR count). The van der Waals surface area contributed by atoms with Gasteiger partial charge in [-0.1, -0.05) is 36.4 Å². The Morgan fingerprint density at radius 1 is 1.00 bits per heavy atom. The summed E-state index contributed by atoms with van der Waals surface area (Å²) in [5.74, 6) is 0.874. The number of likely N-dealkylation sites (tertiary alicyclic amines) is 1. The summed E-state index contributed by atoms with van der Waals surface area (Å²) >= 11 is 7.25. The number of anilines is 1. The second kappa shape index (κ2) is 15.2. The lowest BCUT2D eigenvalue weighted by Crippen LogP contribution is -2.52. The monoisotopic (exact) mass is 763 g/mol. The zero-order valence-corrected chi connectivity index (χ0v) is 30.3. The normalized spacial score (nSPS) is 16.2. The Balaban J connectivity index is 1.19. The van der Waals surface area contributed by atoms with Crippen LogP contribution in [0.25, 0.3) is 11.0 Å². The molecular formula is C36H43Br2N7O2. The van der Waals surface area contributed by atoms with Crippen LogP contribution in [0.5, 0.6) is 0 Å². The number of unbranched alkanes of at least 4 members (excludes halogenated alkanes) is 1.